The molecule has 4 heteroatoms. The van der Waals surface area contributed by atoms with E-state index in [1.807, 2.05) is 6.07 Å². The second kappa shape index (κ2) is 6.11. The average Bonchev–Trinajstić information content (AvgIpc) is 2.64. The molecule has 0 bridgehead atoms. The molecular formula is C12H17N3O. The topological polar surface area (TPSA) is 96.1 Å². The second-order valence-electron chi connectivity index (χ2n) is 3.96. The van der Waals surface area contributed by atoms with Gasteiger partial charge in [-0.2, -0.15) is 5.26 Å². The number of rotatable bonds is 0. The van der Waals surface area contributed by atoms with Crippen LogP contribution in [0.3, 0.4) is 0 Å². The molecule has 0 heterocycles. The summed E-state index contributed by atoms with van der Waals surface area (Å²) in [4.78, 5) is 0. The van der Waals surface area contributed by atoms with Crippen LogP contribution in [0.2, 0.25) is 0 Å². The SMILES string of the molecule is N#Cc1ccccc1O.N[C@@H]1CC[C@H](N)C1. The van der Waals surface area contributed by atoms with Gasteiger partial charge in [0.05, 0.1) is 5.56 Å². The lowest BCUT2D eigenvalue weighted by molar-refractivity contribution is 0.473. The zero-order valence-corrected chi connectivity index (χ0v) is 9.13. The van der Waals surface area contributed by atoms with Gasteiger partial charge in [-0.05, 0) is 31.4 Å². The summed E-state index contributed by atoms with van der Waals surface area (Å²) in [6, 6.07) is 9.07. The average molecular weight is 219 g/mol. The number of nitrogens with zero attached hydrogens (tertiary/aromatic N) is 1. The van der Waals surface area contributed by atoms with E-state index >= 15 is 0 Å². The first-order valence-electron chi connectivity index (χ1n) is 5.32. The normalized spacial score (nSPS) is 23.1. The number of para-hydroxylation sites is 1. The summed E-state index contributed by atoms with van der Waals surface area (Å²) in [5.74, 6) is 0.0417. The van der Waals surface area contributed by atoms with E-state index in [4.69, 9.17) is 21.8 Å². The third-order valence-corrected chi connectivity index (χ3v) is 2.54. The number of hydrogen-bond acceptors (Lipinski definition) is 4. The van der Waals surface area contributed by atoms with Crippen LogP contribution in [0.5, 0.6) is 5.75 Å². The molecule has 0 unspecified atom stereocenters. The molecule has 0 radical (unpaired) electrons. The Morgan fingerprint density at radius 3 is 2.06 bits per heavy atom. The number of hydrogen-bond donors (Lipinski definition) is 3. The first-order chi connectivity index (χ1) is 7.63. The molecule has 0 aliphatic heterocycles. The Kier molecular flexibility index (Phi) is 4.77. The van der Waals surface area contributed by atoms with E-state index in [0.29, 0.717) is 17.6 Å². The molecular weight excluding hydrogens is 202 g/mol. The minimum atomic E-state index is 0.0417. The molecule has 5 N–H and O–H groups in total. The zero-order valence-electron chi connectivity index (χ0n) is 9.13. The van der Waals surface area contributed by atoms with Gasteiger partial charge >= 0.3 is 0 Å². The van der Waals surface area contributed by atoms with Crippen LogP contribution in [0.4, 0.5) is 0 Å². The van der Waals surface area contributed by atoms with E-state index in [1.54, 1.807) is 18.2 Å². The third kappa shape index (κ3) is 3.89. The highest BCUT2D eigenvalue weighted by molar-refractivity contribution is 5.41. The summed E-state index contributed by atoms with van der Waals surface area (Å²) in [6.45, 7) is 0. The molecule has 1 aromatic rings. The Balaban J connectivity index is 0.000000165. The summed E-state index contributed by atoms with van der Waals surface area (Å²) in [5.41, 5.74) is 11.4. The van der Waals surface area contributed by atoms with Crippen molar-refractivity contribution in [3.8, 4) is 11.8 Å². The van der Waals surface area contributed by atoms with Crippen molar-refractivity contribution in [1.29, 1.82) is 5.26 Å². The fourth-order valence-corrected chi connectivity index (χ4v) is 1.62. The van der Waals surface area contributed by atoms with Crippen LogP contribution in [0, 0.1) is 11.3 Å². The smallest absolute Gasteiger partial charge is 0.133 e. The molecule has 0 spiro atoms. The summed E-state index contributed by atoms with van der Waals surface area (Å²) < 4.78 is 0. The predicted octanol–water partition coefficient (Wildman–Crippen LogP) is 1.09. The highest BCUT2D eigenvalue weighted by atomic mass is 16.3. The lowest BCUT2D eigenvalue weighted by atomic mass is 10.2. The Hall–Kier alpha value is -1.57. The van der Waals surface area contributed by atoms with Gasteiger partial charge in [-0.15, -0.1) is 0 Å². The van der Waals surface area contributed by atoms with Crippen LogP contribution in [-0.4, -0.2) is 17.2 Å². The van der Waals surface area contributed by atoms with Gasteiger partial charge in [0.15, 0.2) is 0 Å². The maximum absolute atomic E-state index is 8.89. The van der Waals surface area contributed by atoms with Gasteiger partial charge in [0.2, 0.25) is 0 Å². The molecule has 16 heavy (non-hydrogen) atoms. The quantitative estimate of drug-likeness (QED) is 0.608. The van der Waals surface area contributed by atoms with E-state index < -0.39 is 0 Å². The Bertz CT molecular complexity index is 365. The molecule has 86 valence electrons. The molecule has 1 aliphatic rings. The van der Waals surface area contributed by atoms with Gasteiger partial charge in [0.25, 0.3) is 0 Å². The van der Waals surface area contributed by atoms with Gasteiger partial charge in [0.1, 0.15) is 11.8 Å². The van der Waals surface area contributed by atoms with E-state index in [0.717, 1.165) is 19.3 Å². The van der Waals surface area contributed by atoms with Gasteiger partial charge < -0.3 is 16.6 Å². The molecule has 4 nitrogen and oxygen atoms in total. The monoisotopic (exact) mass is 219 g/mol. The van der Waals surface area contributed by atoms with E-state index in [1.165, 1.54) is 6.07 Å². The summed E-state index contributed by atoms with van der Waals surface area (Å²) >= 11 is 0. The first-order valence-corrected chi connectivity index (χ1v) is 5.32. The summed E-state index contributed by atoms with van der Waals surface area (Å²) in [5, 5.41) is 17.2. The van der Waals surface area contributed by atoms with Crippen molar-refractivity contribution < 1.29 is 5.11 Å². The van der Waals surface area contributed by atoms with Crippen molar-refractivity contribution in [3.63, 3.8) is 0 Å². The lowest BCUT2D eigenvalue weighted by Gasteiger charge is -1.97. The lowest BCUT2D eigenvalue weighted by Crippen LogP contribution is -2.20. The van der Waals surface area contributed by atoms with Crippen LogP contribution < -0.4 is 11.5 Å². The number of nitriles is 1. The molecule has 0 saturated heterocycles. The third-order valence-electron chi connectivity index (χ3n) is 2.54. The highest BCUT2D eigenvalue weighted by Gasteiger charge is 2.16. The standard InChI is InChI=1S/C7H5NO.C5H12N2/c8-5-6-3-1-2-4-7(6)9;6-4-1-2-5(7)3-4/h1-4,9H;4-5H,1-3,6-7H2/t;4-,5+. The van der Waals surface area contributed by atoms with Crippen molar-refractivity contribution in [3.05, 3.63) is 29.8 Å². The highest BCUT2D eigenvalue weighted by Crippen LogP contribution is 2.14. The van der Waals surface area contributed by atoms with Gasteiger partial charge in [-0.25, -0.2) is 0 Å². The molecule has 2 rings (SSSR count). The summed E-state index contributed by atoms with van der Waals surface area (Å²) in [7, 11) is 0. The molecule has 1 fully saturated rings. The van der Waals surface area contributed by atoms with E-state index in [-0.39, 0.29) is 5.75 Å². The van der Waals surface area contributed by atoms with Crippen LogP contribution in [0.15, 0.2) is 24.3 Å². The Morgan fingerprint density at radius 2 is 1.75 bits per heavy atom. The Labute approximate surface area is 95.5 Å². The van der Waals surface area contributed by atoms with Crippen LogP contribution in [-0.2, 0) is 0 Å². The van der Waals surface area contributed by atoms with Gasteiger partial charge in [-0.3, -0.25) is 0 Å². The summed E-state index contributed by atoms with van der Waals surface area (Å²) in [6.07, 6.45) is 3.28. The van der Waals surface area contributed by atoms with Crippen LogP contribution in [0.1, 0.15) is 24.8 Å². The number of nitrogens with two attached hydrogens (primary N) is 2. The fraction of sp³-hybridized carbons (Fsp3) is 0.417. The number of aromatic hydroxyl groups is 1. The predicted molar refractivity (Wildman–Crippen MR) is 62.6 cm³/mol. The second-order valence-corrected chi connectivity index (χ2v) is 3.96. The minimum Gasteiger partial charge on any atom is -0.507 e. The van der Waals surface area contributed by atoms with Gasteiger partial charge in [0, 0.05) is 12.1 Å². The van der Waals surface area contributed by atoms with E-state index in [2.05, 4.69) is 0 Å². The largest absolute Gasteiger partial charge is 0.507 e. The van der Waals surface area contributed by atoms with Crippen molar-refractivity contribution in [2.75, 3.05) is 0 Å². The molecule has 0 amide bonds. The fourth-order valence-electron chi connectivity index (χ4n) is 1.62. The van der Waals surface area contributed by atoms with Crippen molar-refractivity contribution in [1.82, 2.24) is 0 Å². The first kappa shape index (κ1) is 12.5. The number of phenolic OH excluding ortho intramolecular Hbond substituents is 1. The maximum atomic E-state index is 8.89. The molecule has 0 aromatic heterocycles. The van der Waals surface area contributed by atoms with Crippen LogP contribution in [0.25, 0.3) is 0 Å². The zero-order chi connectivity index (χ0) is 12.0. The molecule has 1 aliphatic carbocycles. The van der Waals surface area contributed by atoms with Crippen molar-refractivity contribution in [2.24, 2.45) is 11.5 Å². The number of phenols is 1. The minimum absolute atomic E-state index is 0.0417. The molecule has 2 atom stereocenters. The van der Waals surface area contributed by atoms with E-state index in [9.17, 15) is 0 Å². The molecule has 1 saturated carbocycles. The Morgan fingerprint density at radius 1 is 1.19 bits per heavy atom. The van der Waals surface area contributed by atoms with Gasteiger partial charge in [-0.1, -0.05) is 12.1 Å². The molecule has 1 aromatic carbocycles. The number of benzene rings is 1. The van der Waals surface area contributed by atoms with Crippen molar-refractivity contribution >= 4 is 0 Å². The van der Waals surface area contributed by atoms with Crippen molar-refractivity contribution in [2.45, 2.75) is 31.3 Å². The van der Waals surface area contributed by atoms with Crippen LogP contribution >= 0.6 is 0 Å². The maximum Gasteiger partial charge on any atom is 0.133 e.